The second-order valence-corrected chi connectivity index (χ2v) is 9.56. The van der Waals surface area contributed by atoms with Gasteiger partial charge in [0.05, 0.1) is 21.8 Å². The van der Waals surface area contributed by atoms with Crippen molar-refractivity contribution < 1.29 is 35.1 Å². The molecule has 2 fully saturated rings. The molecule has 1 aromatic rings. The molecule has 28 heavy (non-hydrogen) atoms. The number of ether oxygens (including phenoxy) is 1. The third kappa shape index (κ3) is 4.27. The van der Waals surface area contributed by atoms with E-state index < -0.39 is 50.5 Å². The van der Waals surface area contributed by atoms with Crippen LogP contribution in [0.3, 0.4) is 0 Å². The summed E-state index contributed by atoms with van der Waals surface area (Å²) in [6.45, 7) is -0.178. The molecule has 0 radical (unpaired) electrons. The molecule has 0 N–H and O–H groups in total. The van der Waals surface area contributed by atoms with Crippen LogP contribution in [0.1, 0.15) is 37.7 Å². The lowest BCUT2D eigenvalue weighted by molar-refractivity contribution is -0.139. The second kappa shape index (κ2) is 7.44. The fourth-order valence-electron chi connectivity index (χ4n) is 3.85. The van der Waals surface area contributed by atoms with Crippen molar-refractivity contribution in [3.8, 4) is 0 Å². The molecule has 1 heterocycles. The van der Waals surface area contributed by atoms with Gasteiger partial charge in [0.2, 0.25) is 0 Å². The average molecular weight is 427 g/mol. The first-order chi connectivity index (χ1) is 12.9. The van der Waals surface area contributed by atoms with E-state index in [4.69, 9.17) is 4.74 Å². The predicted molar refractivity (Wildman–Crippen MR) is 93.5 cm³/mol. The summed E-state index contributed by atoms with van der Waals surface area (Å²) >= 11 is 0. The molecule has 0 unspecified atom stereocenters. The molecular weight excluding hydrogens is 405 g/mol. The van der Waals surface area contributed by atoms with Crippen LogP contribution in [0, 0.1) is 0 Å². The Labute approximate surface area is 160 Å². The molecule has 1 saturated heterocycles. The van der Waals surface area contributed by atoms with Crippen molar-refractivity contribution in [2.24, 2.45) is 0 Å². The number of hydrogen-bond donors (Lipinski definition) is 0. The van der Waals surface area contributed by atoms with Crippen LogP contribution in [0.2, 0.25) is 0 Å². The number of anilines is 1. The van der Waals surface area contributed by atoms with Gasteiger partial charge < -0.3 is 9.64 Å². The zero-order valence-electron chi connectivity index (χ0n) is 15.3. The van der Waals surface area contributed by atoms with E-state index in [1.165, 1.54) is 18.1 Å². The van der Waals surface area contributed by atoms with Crippen molar-refractivity contribution in [1.82, 2.24) is 0 Å². The Morgan fingerprint density at radius 1 is 1.14 bits per heavy atom. The first-order valence-electron chi connectivity index (χ1n) is 9.05. The third-order valence-electron chi connectivity index (χ3n) is 5.54. The number of hydrogen-bond acceptors (Lipinski definition) is 4. The molecule has 0 bridgehead atoms. The quantitative estimate of drug-likeness (QED) is 0.673. The van der Waals surface area contributed by atoms with Crippen LogP contribution in [-0.2, 0) is 20.8 Å². The van der Waals surface area contributed by atoms with Gasteiger partial charge in [-0.25, -0.2) is 17.2 Å². The first kappa shape index (κ1) is 21.3. The van der Waals surface area contributed by atoms with Gasteiger partial charge in [0.25, 0.3) is 5.92 Å². The topological polar surface area (TPSA) is 46.6 Å². The molecule has 158 valence electrons. The lowest BCUT2D eigenvalue weighted by Gasteiger charge is -2.34. The highest BCUT2D eigenvalue weighted by Crippen LogP contribution is 2.41. The molecule has 0 amide bonds. The molecule has 1 saturated carbocycles. The molecule has 2 atom stereocenters. The highest BCUT2D eigenvalue weighted by atomic mass is 32.2. The number of halogens is 5. The van der Waals surface area contributed by atoms with Crippen LogP contribution < -0.4 is 4.90 Å². The van der Waals surface area contributed by atoms with E-state index in [-0.39, 0.29) is 37.7 Å². The monoisotopic (exact) mass is 427 g/mol. The highest BCUT2D eigenvalue weighted by Gasteiger charge is 2.43. The van der Waals surface area contributed by atoms with E-state index >= 15 is 0 Å². The molecule has 0 aromatic heterocycles. The Kier molecular flexibility index (Phi) is 5.66. The number of rotatable bonds is 4. The minimum absolute atomic E-state index is 0.0888. The minimum atomic E-state index is -4.88. The van der Waals surface area contributed by atoms with Gasteiger partial charge in [-0.1, -0.05) is 0 Å². The third-order valence-corrected chi connectivity index (χ3v) is 7.82. The largest absolute Gasteiger partial charge is 0.417 e. The van der Waals surface area contributed by atoms with Crippen LogP contribution in [0.4, 0.5) is 27.6 Å². The number of piperidine rings is 1. The molecule has 1 aromatic carbocycles. The molecule has 2 aliphatic rings. The lowest BCUT2D eigenvalue weighted by Crippen LogP contribution is -2.39. The van der Waals surface area contributed by atoms with Gasteiger partial charge in [-0.2, -0.15) is 13.2 Å². The van der Waals surface area contributed by atoms with E-state index in [0.717, 1.165) is 12.1 Å². The Morgan fingerprint density at radius 3 is 2.32 bits per heavy atom. The fourth-order valence-corrected chi connectivity index (χ4v) is 5.86. The smallest absolute Gasteiger partial charge is 0.381 e. The normalized spacial score (nSPS) is 25.9. The number of benzene rings is 1. The van der Waals surface area contributed by atoms with Crippen LogP contribution in [0.25, 0.3) is 0 Å². The number of methoxy groups -OCH3 is 1. The van der Waals surface area contributed by atoms with Crippen molar-refractivity contribution >= 4 is 15.5 Å². The Balaban J connectivity index is 1.94. The van der Waals surface area contributed by atoms with Crippen LogP contribution in [-0.4, -0.2) is 45.9 Å². The maximum Gasteiger partial charge on any atom is 0.417 e. The van der Waals surface area contributed by atoms with Crippen molar-refractivity contribution in [2.75, 3.05) is 25.1 Å². The molecule has 3 rings (SSSR count). The van der Waals surface area contributed by atoms with E-state index in [1.807, 2.05) is 0 Å². The number of nitrogens with zero attached hydrogens (tertiary/aromatic N) is 1. The summed E-state index contributed by atoms with van der Waals surface area (Å²) in [7, 11) is -2.76. The zero-order chi connectivity index (χ0) is 20.7. The van der Waals surface area contributed by atoms with Crippen LogP contribution in [0.5, 0.6) is 0 Å². The van der Waals surface area contributed by atoms with Gasteiger partial charge in [0.1, 0.15) is 0 Å². The average Bonchev–Trinajstić information content (AvgIpc) is 3.10. The molecule has 1 aliphatic heterocycles. The number of alkyl halides is 5. The predicted octanol–water partition coefficient (Wildman–Crippen LogP) is 4.28. The van der Waals surface area contributed by atoms with Crippen molar-refractivity contribution in [2.45, 2.75) is 60.5 Å². The standard InChI is InChI=1S/C18H22F5NO3S/c1-27-13-3-4-14(11-13)28(25,26)16-5-2-12(10-15(16)18(21,22)23)24-8-6-17(19,20)7-9-24/h2,5,10,13-14H,3-4,6-9,11H2,1H3/t13-,14+/m0/s1. The highest BCUT2D eigenvalue weighted by molar-refractivity contribution is 7.92. The van der Waals surface area contributed by atoms with Gasteiger partial charge in [-0.3, -0.25) is 0 Å². The summed E-state index contributed by atoms with van der Waals surface area (Å²) in [5.74, 6) is -2.83. The van der Waals surface area contributed by atoms with Gasteiger partial charge in [-0.15, -0.1) is 0 Å². The van der Waals surface area contributed by atoms with Gasteiger partial charge in [0, 0.05) is 38.7 Å². The Hall–Kier alpha value is -1.42. The van der Waals surface area contributed by atoms with E-state index in [2.05, 4.69) is 0 Å². The van der Waals surface area contributed by atoms with Crippen LogP contribution in [0.15, 0.2) is 23.1 Å². The zero-order valence-corrected chi connectivity index (χ0v) is 16.1. The summed E-state index contributed by atoms with van der Waals surface area (Å²) in [6, 6.07) is 2.99. The van der Waals surface area contributed by atoms with E-state index in [1.54, 1.807) is 0 Å². The molecule has 10 heteroatoms. The SMILES string of the molecule is CO[C@H]1CC[C@@H](S(=O)(=O)c2ccc(N3CCC(F)(F)CC3)cc2C(F)(F)F)C1. The van der Waals surface area contributed by atoms with Crippen molar-refractivity contribution in [3.05, 3.63) is 23.8 Å². The maximum atomic E-state index is 13.7. The molecule has 4 nitrogen and oxygen atoms in total. The summed E-state index contributed by atoms with van der Waals surface area (Å²) in [5.41, 5.74) is -1.15. The summed E-state index contributed by atoms with van der Waals surface area (Å²) in [6.07, 6.45) is -5.20. The Bertz CT molecular complexity index is 815. The maximum absolute atomic E-state index is 13.7. The summed E-state index contributed by atoms with van der Waals surface area (Å²) in [5, 5.41) is -0.932. The fraction of sp³-hybridized carbons (Fsp3) is 0.667. The molecular formula is C18H22F5NO3S. The molecule has 0 spiro atoms. The summed E-state index contributed by atoms with van der Waals surface area (Å²) in [4.78, 5) is 0.674. The van der Waals surface area contributed by atoms with Gasteiger partial charge >= 0.3 is 6.18 Å². The molecule has 1 aliphatic carbocycles. The van der Waals surface area contributed by atoms with Crippen molar-refractivity contribution in [3.63, 3.8) is 0 Å². The lowest BCUT2D eigenvalue weighted by atomic mass is 10.1. The first-order valence-corrected chi connectivity index (χ1v) is 10.6. The summed E-state index contributed by atoms with van der Waals surface area (Å²) < 4.78 is 98.5. The minimum Gasteiger partial charge on any atom is -0.381 e. The number of sulfone groups is 1. The van der Waals surface area contributed by atoms with E-state index in [9.17, 15) is 30.4 Å². The second-order valence-electron chi connectivity index (χ2n) is 7.36. The van der Waals surface area contributed by atoms with Gasteiger partial charge in [-0.05, 0) is 37.5 Å². The Morgan fingerprint density at radius 2 is 1.79 bits per heavy atom. The van der Waals surface area contributed by atoms with Gasteiger partial charge in [0.15, 0.2) is 9.84 Å². The van der Waals surface area contributed by atoms with Crippen LogP contribution >= 0.6 is 0 Å². The van der Waals surface area contributed by atoms with E-state index in [0.29, 0.717) is 6.42 Å². The van der Waals surface area contributed by atoms with Crippen molar-refractivity contribution in [1.29, 1.82) is 0 Å².